The van der Waals surface area contributed by atoms with Crippen LogP contribution in [0.1, 0.15) is 25.7 Å². The van der Waals surface area contributed by atoms with Gasteiger partial charge in [-0.1, -0.05) is 17.7 Å². The first-order chi connectivity index (χ1) is 10.3. The highest BCUT2D eigenvalue weighted by Gasteiger charge is 2.35. The number of aliphatic hydroxyl groups is 1. The van der Waals surface area contributed by atoms with E-state index in [9.17, 15) is 14.7 Å². The molecule has 2 unspecified atom stereocenters. The maximum atomic E-state index is 9.55. The highest BCUT2D eigenvalue weighted by atomic mass is 35.5. The van der Waals surface area contributed by atoms with E-state index in [0.717, 1.165) is 25.7 Å². The monoisotopic (exact) mass is 329 g/mol. The van der Waals surface area contributed by atoms with Crippen LogP contribution in [0.2, 0.25) is 0 Å². The molecule has 22 heavy (non-hydrogen) atoms. The molecule has 0 aromatic rings. The van der Waals surface area contributed by atoms with Gasteiger partial charge in [-0.3, -0.25) is 0 Å². The van der Waals surface area contributed by atoms with E-state index >= 15 is 0 Å². The number of allylic oxidation sites excluding steroid dienone is 2. The van der Waals surface area contributed by atoms with E-state index in [-0.39, 0.29) is 12.6 Å². The zero-order chi connectivity index (χ0) is 16.8. The van der Waals surface area contributed by atoms with Crippen molar-refractivity contribution in [2.45, 2.75) is 36.6 Å². The Bertz CT molecular complexity index is 510. The fourth-order valence-corrected chi connectivity index (χ4v) is 2.79. The molecule has 0 radical (unpaired) electrons. The van der Waals surface area contributed by atoms with Gasteiger partial charge in [0.1, 0.15) is 4.87 Å². The summed E-state index contributed by atoms with van der Waals surface area (Å²) in [5, 5.41) is 24.9. The van der Waals surface area contributed by atoms with Gasteiger partial charge in [-0.25, -0.2) is 9.59 Å². The van der Waals surface area contributed by atoms with Gasteiger partial charge in [0.05, 0.1) is 6.61 Å². The number of carboxylic acids is 2. The number of carboxylic acid groups (broad SMARTS) is 2. The minimum absolute atomic E-state index is 0.0311. The molecule has 0 aliphatic heterocycles. The highest BCUT2D eigenvalue weighted by Crippen LogP contribution is 2.41. The number of hydrogen-bond donors (Lipinski definition) is 4. The van der Waals surface area contributed by atoms with E-state index in [2.05, 4.69) is 6.08 Å². The summed E-state index contributed by atoms with van der Waals surface area (Å²) in [7, 11) is 0. The molecule has 122 valence electrons. The standard InChI is InChI=1S/C11H16ClNO.C4H4O4/c12-11(7-14)5-1-2-8-3-4-9(13)6-10(8)11;5-3(6)1-2-4(7)8/h1,5,9,14H,2-4,6-7,13H2;1-2H,(H,5,6)(H,7,8)/b;2-1+. The predicted molar refractivity (Wildman–Crippen MR) is 82.7 cm³/mol. The normalized spacial score (nSPS) is 27.1. The molecule has 0 aromatic heterocycles. The van der Waals surface area contributed by atoms with E-state index in [1.807, 2.05) is 6.08 Å². The second-order valence-electron chi connectivity index (χ2n) is 5.22. The van der Waals surface area contributed by atoms with E-state index in [1.54, 1.807) is 0 Å². The van der Waals surface area contributed by atoms with Crippen molar-refractivity contribution in [2.24, 2.45) is 5.73 Å². The summed E-state index contributed by atoms with van der Waals surface area (Å²) in [6.07, 6.45) is 8.98. The van der Waals surface area contributed by atoms with Crippen LogP contribution in [0.15, 0.2) is 35.5 Å². The van der Waals surface area contributed by atoms with Crippen LogP contribution in [0.25, 0.3) is 0 Å². The fourth-order valence-electron chi connectivity index (χ4n) is 2.49. The Morgan fingerprint density at radius 3 is 2.45 bits per heavy atom. The van der Waals surface area contributed by atoms with E-state index in [1.165, 1.54) is 11.1 Å². The van der Waals surface area contributed by atoms with E-state index < -0.39 is 16.8 Å². The van der Waals surface area contributed by atoms with Gasteiger partial charge in [0, 0.05) is 18.2 Å². The summed E-state index contributed by atoms with van der Waals surface area (Å²) in [6, 6.07) is 0.213. The summed E-state index contributed by atoms with van der Waals surface area (Å²) >= 11 is 6.35. The summed E-state index contributed by atoms with van der Waals surface area (Å²) < 4.78 is 0. The predicted octanol–water partition coefficient (Wildman–Crippen LogP) is 1.44. The third-order valence-corrected chi connectivity index (χ3v) is 4.03. The van der Waals surface area contributed by atoms with Gasteiger partial charge >= 0.3 is 11.9 Å². The maximum Gasteiger partial charge on any atom is 0.328 e. The van der Waals surface area contributed by atoms with Crippen LogP contribution in [0.5, 0.6) is 0 Å². The minimum atomic E-state index is -1.26. The van der Waals surface area contributed by atoms with Crippen molar-refractivity contribution >= 4 is 23.5 Å². The second-order valence-corrected chi connectivity index (χ2v) is 5.90. The van der Waals surface area contributed by atoms with Crippen LogP contribution in [-0.4, -0.2) is 44.8 Å². The first-order valence-corrected chi connectivity index (χ1v) is 7.24. The maximum absolute atomic E-state index is 9.55. The third kappa shape index (κ3) is 5.29. The lowest BCUT2D eigenvalue weighted by Crippen LogP contribution is -2.36. The Morgan fingerprint density at radius 1 is 1.36 bits per heavy atom. The molecular weight excluding hydrogens is 310 g/mol. The topological polar surface area (TPSA) is 121 Å². The van der Waals surface area contributed by atoms with Crippen LogP contribution in [0.3, 0.4) is 0 Å². The van der Waals surface area contributed by atoms with Gasteiger partial charge in [-0.05, 0) is 31.3 Å². The molecule has 0 spiro atoms. The first-order valence-electron chi connectivity index (χ1n) is 6.87. The van der Waals surface area contributed by atoms with Crippen LogP contribution in [0.4, 0.5) is 0 Å². The largest absolute Gasteiger partial charge is 0.478 e. The summed E-state index contributed by atoms with van der Waals surface area (Å²) in [6.45, 7) is -0.0311. The zero-order valence-electron chi connectivity index (χ0n) is 12.0. The Hall–Kier alpha value is -1.63. The molecule has 0 saturated heterocycles. The van der Waals surface area contributed by atoms with E-state index in [0.29, 0.717) is 12.2 Å². The number of rotatable bonds is 3. The second kappa shape index (κ2) is 8.12. The number of aliphatic carboxylic acids is 2. The molecular formula is C15H20ClNO5. The van der Waals surface area contributed by atoms with Gasteiger partial charge < -0.3 is 21.1 Å². The Morgan fingerprint density at radius 2 is 1.95 bits per heavy atom. The summed E-state index contributed by atoms with van der Waals surface area (Å²) in [4.78, 5) is 18.4. The van der Waals surface area contributed by atoms with Gasteiger partial charge in [-0.15, -0.1) is 11.6 Å². The van der Waals surface area contributed by atoms with Crippen LogP contribution < -0.4 is 5.73 Å². The molecule has 0 bridgehead atoms. The molecule has 0 fully saturated rings. The lowest BCUT2D eigenvalue weighted by Gasteiger charge is -2.35. The quantitative estimate of drug-likeness (QED) is 0.353. The van der Waals surface area contributed by atoms with Gasteiger partial charge in [0.2, 0.25) is 0 Å². The van der Waals surface area contributed by atoms with Crippen molar-refractivity contribution in [3.63, 3.8) is 0 Å². The smallest absolute Gasteiger partial charge is 0.328 e. The summed E-state index contributed by atoms with van der Waals surface area (Å²) in [5.41, 5.74) is 8.48. The average Bonchev–Trinajstić information content (AvgIpc) is 2.47. The van der Waals surface area contributed by atoms with Gasteiger partial charge in [0.15, 0.2) is 0 Å². The molecule has 2 aliphatic carbocycles. The molecule has 0 amide bonds. The average molecular weight is 330 g/mol. The van der Waals surface area contributed by atoms with Crippen LogP contribution in [-0.2, 0) is 9.59 Å². The van der Waals surface area contributed by atoms with Crippen molar-refractivity contribution in [3.8, 4) is 0 Å². The summed E-state index contributed by atoms with van der Waals surface area (Å²) in [5.74, 6) is -2.51. The van der Waals surface area contributed by atoms with E-state index in [4.69, 9.17) is 27.5 Å². The van der Waals surface area contributed by atoms with Gasteiger partial charge in [-0.2, -0.15) is 0 Å². The number of alkyl halides is 1. The lowest BCUT2D eigenvalue weighted by atomic mass is 9.77. The fraction of sp³-hybridized carbons (Fsp3) is 0.467. The SMILES string of the molecule is NC1CCC2=C(C1)C(Cl)(CO)C=CC2.O=C(O)/C=C/C(=O)O. The van der Waals surface area contributed by atoms with Crippen LogP contribution >= 0.6 is 11.6 Å². The number of nitrogens with two attached hydrogens (primary N) is 1. The number of hydrogen-bond acceptors (Lipinski definition) is 4. The molecule has 2 aliphatic rings. The van der Waals surface area contributed by atoms with Crippen LogP contribution in [0, 0.1) is 0 Å². The van der Waals surface area contributed by atoms with Gasteiger partial charge in [0.25, 0.3) is 0 Å². The molecule has 0 aromatic carbocycles. The van der Waals surface area contributed by atoms with Crippen molar-refractivity contribution in [1.29, 1.82) is 0 Å². The third-order valence-electron chi connectivity index (χ3n) is 3.56. The first kappa shape index (κ1) is 18.4. The van der Waals surface area contributed by atoms with Crippen molar-refractivity contribution in [3.05, 3.63) is 35.5 Å². The molecule has 6 nitrogen and oxygen atoms in total. The zero-order valence-corrected chi connectivity index (χ0v) is 12.8. The molecule has 0 saturated carbocycles. The minimum Gasteiger partial charge on any atom is -0.478 e. The van der Waals surface area contributed by atoms with Crippen molar-refractivity contribution in [2.75, 3.05) is 6.61 Å². The Kier molecular flexibility index (Phi) is 6.80. The lowest BCUT2D eigenvalue weighted by molar-refractivity contribution is -0.134. The number of carbonyl (C=O) groups is 2. The molecule has 2 rings (SSSR count). The van der Waals surface area contributed by atoms with Crippen molar-refractivity contribution < 1.29 is 24.9 Å². The molecule has 7 heteroatoms. The highest BCUT2D eigenvalue weighted by molar-refractivity contribution is 6.27. The Labute approximate surface area is 133 Å². The van der Waals surface area contributed by atoms with Crippen molar-refractivity contribution in [1.82, 2.24) is 0 Å². The Balaban J connectivity index is 0.000000261. The molecule has 2 atom stereocenters. The molecule has 5 N–H and O–H groups in total. The number of halogens is 1. The molecule has 0 heterocycles. The number of aliphatic hydroxyl groups excluding tert-OH is 1.